The second kappa shape index (κ2) is 6.06. The second-order valence-corrected chi connectivity index (χ2v) is 6.25. The monoisotopic (exact) mass is 331 g/mol. The number of fused-ring (bicyclic) bond motifs is 1. The van der Waals surface area contributed by atoms with E-state index in [4.69, 9.17) is 0 Å². The zero-order chi connectivity index (χ0) is 17.4. The molecule has 1 aromatic heterocycles. The highest BCUT2D eigenvalue weighted by Gasteiger charge is 2.31. The summed E-state index contributed by atoms with van der Waals surface area (Å²) in [5.74, 6) is -1.41. The molecule has 0 saturated carbocycles. The highest BCUT2D eigenvalue weighted by molar-refractivity contribution is 6.08. The molecule has 1 aliphatic heterocycles. The van der Waals surface area contributed by atoms with Crippen molar-refractivity contribution in [2.24, 2.45) is 0 Å². The number of benzene rings is 2. The van der Waals surface area contributed by atoms with Gasteiger partial charge < -0.3 is 9.67 Å². The van der Waals surface area contributed by atoms with Gasteiger partial charge in [-0.05, 0) is 29.7 Å². The highest BCUT2D eigenvalue weighted by atomic mass is 16.4. The molecule has 2 aromatic carbocycles. The molecule has 0 spiro atoms. The Bertz CT molecular complexity index is 939. The van der Waals surface area contributed by atoms with Crippen molar-refractivity contribution in [3.05, 3.63) is 83.7 Å². The summed E-state index contributed by atoms with van der Waals surface area (Å²) < 4.78 is 1.84. The van der Waals surface area contributed by atoms with E-state index in [1.54, 1.807) is 12.1 Å². The summed E-state index contributed by atoms with van der Waals surface area (Å²) in [6, 6.07) is 21.0. The van der Waals surface area contributed by atoms with Crippen LogP contribution in [-0.2, 0) is 11.3 Å². The van der Waals surface area contributed by atoms with E-state index in [-0.39, 0.29) is 5.78 Å². The molecule has 0 aliphatic carbocycles. The molecule has 1 unspecified atom stereocenters. The largest absolute Gasteiger partial charge is 0.481 e. The van der Waals surface area contributed by atoms with E-state index in [9.17, 15) is 14.7 Å². The van der Waals surface area contributed by atoms with Gasteiger partial charge in [-0.25, -0.2) is 0 Å². The molecule has 0 fully saturated rings. The fraction of sp³-hybridized carbons (Fsp3) is 0.143. The molecule has 3 aromatic rings. The molecule has 1 aliphatic rings. The van der Waals surface area contributed by atoms with E-state index >= 15 is 0 Å². The minimum absolute atomic E-state index is 0.0723. The van der Waals surface area contributed by atoms with Crippen LogP contribution in [0.2, 0.25) is 0 Å². The highest BCUT2D eigenvalue weighted by Crippen LogP contribution is 2.31. The molecule has 0 saturated heterocycles. The summed E-state index contributed by atoms with van der Waals surface area (Å²) in [6.45, 7) is 0.572. The maximum Gasteiger partial charge on any atom is 0.312 e. The van der Waals surface area contributed by atoms with Gasteiger partial charge in [0.1, 0.15) is 0 Å². The smallest absolute Gasteiger partial charge is 0.312 e. The standard InChI is InChI=1S/C21H17NO3/c23-20(19-11-10-18-17(21(24)25)12-13-22(18)19)16-8-6-15(7-9-16)14-4-2-1-3-5-14/h1-11,17H,12-13H2,(H,24,25). The number of nitrogens with zero attached hydrogens (tertiary/aromatic N) is 1. The molecule has 0 amide bonds. The molecule has 1 atom stereocenters. The Hall–Kier alpha value is -3.14. The summed E-state index contributed by atoms with van der Waals surface area (Å²) in [5.41, 5.74) is 4.06. The lowest BCUT2D eigenvalue weighted by atomic mass is 10.0. The zero-order valence-electron chi connectivity index (χ0n) is 13.6. The van der Waals surface area contributed by atoms with Crippen LogP contribution in [0.4, 0.5) is 0 Å². The predicted molar refractivity (Wildman–Crippen MR) is 94.7 cm³/mol. The fourth-order valence-corrected chi connectivity index (χ4v) is 3.48. The van der Waals surface area contributed by atoms with Crippen molar-refractivity contribution < 1.29 is 14.7 Å². The lowest BCUT2D eigenvalue weighted by Crippen LogP contribution is -2.10. The van der Waals surface area contributed by atoms with Crippen LogP contribution < -0.4 is 0 Å². The van der Waals surface area contributed by atoms with Crippen LogP contribution in [0.1, 0.15) is 34.1 Å². The number of aliphatic carboxylic acids is 1. The molecule has 124 valence electrons. The maximum absolute atomic E-state index is 12.8. The van der Waals surface area contributed by atoms with Gasteiger partial charge in [0.25, 0.3) is 0 Å². The number of hydrogen-bond acceptors (Lipinski definition) is 2. The second-order valence-electron chi connectivity index (χ2n) is 6.25. The topological polar surface area (TPSA) is 59.3 Å². The number of hydrogen-bond donors (Lipinski definition) is 1. The van der Waals surface area contributed by atoms with Crippen LogP contribution in [0.3, 0.4) is 0 Å². The Kier molecular flexibility index (Phi) is 3.73. The van der Waals surface area contributed by atoms with Crippen molar-refractivity contribution in [2.45, 2.75) is 18.9 Å². The number of carboxylic acid groups (broad SMARTS) is 1. The lowest BCUT2D eigenvalue weighted by Gasteiger charge is -2.07. The number of rotatable bonds is 4. The van der Waals surface area contributed by atoms with E-state index in [1.165, 1.54) is 0 Å². The maximum atomic E-state index is 12.8. The van der Waals surface area contributed by atoms with Gasteiger partial charge in [0.15, 0.2) is 0 Å². The molecule has 4 heteroatoms. The summed E-state index contributed by atoms with van der Waals surface area (Å²) in [4.78, 5) is 24.1. The number of aromatic nitrogens is 1. The number of carbonyl (C=O) groups excluding carboxylic acids is 1. The number of carboxylic acids is 1. The minimum Gasteiger partial charge on any atom is -0.481 e. The van der Waals surface area contributed by atoms with Crippen molar-refractivity contribution in [2.75, 3.05) is 0 Å². The van der Waals surface area contributed by atoms with Gasteiger partial charge in [-0.1, -0.05) is 54.6 Å². The molecule has 25 heavy (non-hydrogen) atoms. The lowest BCUT2D eigenvalue weighted by molar-refractivity contribution is -0.138. The molecule has 0 radical (unpaired) electrons. The van der Waals surface area contributed by atoms with Crippen molar-refractivity contribution in [3.63, 3.8) is 0 Å². The normalized spacial score (nSPS) is 15.8. The number of ketones is 1. The average Bonchev–Trinajstić information content (AvgIpc) is 3.24. The van der Waals surface area contributed by atoms with E-state index in [1.807, 2.05) is 59.2 Å². The minimum atomic E-state index is -0.830. The third-order valence-electron chi connectivity index (χ3n) is 4.80. The Labute approximate surface area is 145 Å². The van der Waals surface area contributed by atoms with Crippen LogP contribution in [0.5, 0.6) is 0 Å². The van der Waals surface area contributed by atoms with Gasteiger partial charge in [-0.2, -0.15) is 0 Å². The molecular formula is C21H17NO3. The third-order valence-corrected chi connectivity index (χ3v) is 4.80. The van der Waals surface area contributed by atoms with E-state index in [2.05, 4.69) is 0 Å². The third kappa shape index (κ3) is 2.66. The van der Waals surface area contributed by atoms with E-state index in [0.29, 0.717) is 24.2 Å². The van der Waals surface area contributed by atoms with Crippen LogP contribution in [0.25, 0.3) is 11.1 Å². The van der Waals surface area contributed by atoms with Gasteiger partial charge in [-0.3, -0.25) is 9.59 Å². The summed E-state index contributed by atoms with van der Waals surface area (Å²) >= 11 is 0. The predicted octanol–water partition coefficient (Wildman–Crippen LogP) is 3.96. The van der Waals surface area contributed by atoms with Crippen molar-refractivity contribution in [1.82, 2.24) is 4.57 Å². The summed E-state index contributed by atoms with van der Waals surface area (Å²) in [5, 5.41) is 9.27. The molecule has 4 nitrogen and oxygen atoms in total. The first kappa shape index (κ1) is 15.4. The van der Waals surface area contributed by atoms with Gasteiger partial charge in [0, 0.05) is 17.8 Å². The van der Waals surface area contributed by atoms with Crippen LogP contribution in [0, 0.1) is 0 Å². The molecule has 0 bridgehead atoms. The van der Waals surface area contributed by atoms with Crippen LogP contribution >= 0.6 is 0 Å². The number of carbonyl (C=O) groups is 2. The van der Waals surface area contributed by atoms with Gasteiger partial charge in [-0.15, -0.1) is 0 Å². The van der Waals surface area contributed by atoms with Crippen molar-refractivity contribution in [1.29, 1.82) is 0 Å². The van der Waals surface area contributed by atoms with E-state index in [0.717, 1.165) is 16.8 Å². The molecule has 1 N–H and O–H groups in total. The fourth-order valence-electron chi connectivity index (χ4n) is 3.48. The molecular weight excluding hydrogens is 314 g/mol. The van der Waals surface area contributed by atoms with E-state index < -0.39 is 11.9 Å². The van der Waals surface area contributed by atoms with Crippen LogP contribution in [0.15, 0.2) is 66.7 Å². The first-order chi connectivity index (χ1) is 12.1. The quantitative estimate of drug-likeness (QED) is 0.736. The Balaban J connectivity index is 1.62. The average molecular weight is 331 g/mol. The molecule has 2 heterocycles. The Morgan fingerprint density at radius 3 is 2.24 bits per heavy atom. The summed E-state index contributed by atoms with van der Waals surface area (Å²) in [6.07, 6.45) is 0.540. The molecule has 4 rings (SSSR count). The Morgan fingerprint density at radius 2 is 1.56 bits per heavy atom. The van der Waals surface area contributed by atoms with Crippen molar-refractivity contribution >= 4 is 11.8 Å². The van der Waals surface area contributed by atoms with Gasteiger partial charge in [0.05, 0.1) is 11.6 Å². The first-order valence-corrected chi connectivity index (χ1v) is 8.27. The Morgan fingerprint density at radius 1 is 0.880 bits per heavy atom. The van der Waals surface area contributed by atoms with Crippen molar-refractivity contribution in [3.8, 4) is 11.1 Å². The zero-order valence-corrected chi connectivity index (χ0v) is 13.6. The van der Waals surface area contributed by atoms with Gasteiger partial charge in [0.2, 0.25) is 5.78 Å². The van der Waals surface area contributed by atoms with Crippen LogP contribution in [-0.4, -0.2) is 21.4 Å². The van der Waals surface area contributed by atoms with Gasteiger partial charge >= 0.3 is 5.97 Å². The first-order valence-electron chi connectivity index (χ1n) is 8.27. The SMILES string of the molecule is O=C(c1ccc(-c2ccccc2)cc1)c1ccc2n1CCC2C(=O)O. The summed E-state index contributed by atoms with van der Waals surface area (Å²) in [7, 11) is 0.